The molecule has 0 saturated carbocycles. The fraction of sp³-hybridized carbons (Fsp3) is 0.320. The predicted molar refractivity (Wildman–Crippen MR) is 120 cm³/mol. The molecule has 1 atom stereocenters. The molecule has 0 radical (unpaired) electrons. The van der Waals surface area contributed by atoms with Gasteiger partial charge in [-0.05, 0) is 55.5 Å². The maximum absolute atomic E-state index is 13.5. The molecule has 0 spiro atoms. The number of carbonyl (C=O) groups is 1. The zero-order valence-electron chi connectivity index (χ0n) is 18.3. The average Bonchev–Trinajstić information content (AvgIpc) is 3.34. The lowest BCUT2D eigenvalue weighted by Gasteiger charge is -2.26. The van der Waals surface area contributed by atoms with Crippen molar-refractivity contribution in [3.05, 3.63) is 71.8 Å². The lowest BCUT2D eigenvalue weighted by molar-refractivity contribution is -0.144. The number of Topliss-reactive ketones (excluding diaryl/α,β-unsaturated/α-hetero) is 1. The Kier molecular flexibility index (Phi) is 6.87. The van der Waals surface area contributed by atoms with Crippen molar-refractivity contribution in [2.24, 2.45) is 0 Å². The number of carbonyl (C=O) groups excluding carboxylic acids is 1. The summed E-state index contributed by atoms with van der Waals surface area (Å²) in [6.45, 7) is 0.454. The summed E-state index contributed by atoms with van der Waals surface area (Å²) >= 11 is 0. The molecule has 4 rings (SSSR count). The number of pyridine rings is 1. The number of aryl methyl sites for hydroxylation is 1. The average molecular weight is 465 g/mol. The van der Waals surface area contributed by atoms with Crippen LogP contribution in [0.4, 0.5) is 19.0 Å². The molecule has 0 N–H and O–H groups in total. The minimum Gasteiger partial charge on any atom is -0.346 e. The second-order valence-corrected chi connectivity index (χ2v) is 8.15. The van der Waals surface area contributed by atoms with Gasteiger partial charge in [-0.1, -0.05) is 12.1 Å². The van der Waals surface area contributed by atoms with Gasteiger partial charge in [0.1, 0.15) is 5.82 Å². The van der Waals surface area contributed by atoms with E-state index in [1.807, 2.05) is 12.1 Å². The summed E-state index contributed by atoms with van der Waals surface area (Å²) in [6, 6.07) is 13.4. The molecule has 0 unspecified atom stereocenters. The molecule has 1 aliphatic heterocycles. The van der Waals surface area contributed by atoms with Gasteiger partial charge in [-0.25, -0.2) is 9.97 Å². The molecule has 1 saturated heterocycles. The minimum absolute atomic E-state index is 0.0104. The third kappa shape index (κ3) is 5.39. The van der Waals surface area contributed by atoms with Crippen LogP contribution in [0.2, 0.25) is 0 Å². The van der Waals surface area contributed by atoms with Crippen molar-refractivity contribution in [3.8, 4) is 17.3 Å². The normalized spacial score (nSPS) is 15.8. The Morgan fingerprint density at radius 1 is 1.12 bits per heavy atom. The highest BCUT2D eigenvalue weighted by atomic mass is 19.4. The van der Waals surface area contributed by atoms with Gasteiger partial charge in [0.2, 0.25) is 5.82 Å². The predicted octanol–water partition coefficient (Wildman–Crippen LogP) is 4.99. The van der Waals surface area contributed by atoms with Gasteiger partial charge in [0.05, 0.1) is 23.4 Å². The summed E-state index contributed by atoms with van der Waals surface area (Å²) in [4.78, 5) is 26.1. The molecule has 0 bridgehead atoms. The van der Waals surface area contributed by atoms with Gasteiger partial charge in [0, 0.05) is 37.0 Å². The van der Waals surface area contributed by atoms with E-state index >= 15 is 0 Å². The first-order valence-electron chi connectivity index (χ1n) is 11.0. The third-order valence-electron chi connectivity index (χ3n) is 5.83. The molecule has 174 valence electrons. The van der Waals surface area contributed by atoms with Crippen LogP contribution >= 0.6 is 0 Å². The zero-order valence-corrected chi connectivity index (χ0v) is 18.3. The molecule has 2 aromatic heterocycles. The van der Waals surface area contributed by atoms with E-state index in [-0.39, 0.29) is 17.3 Å². The van der Waals surface area contributed by atoms with Gasteiger partial charge >= 0.3 is 6.18 Å². The molecule has 1 aliphatic rings. The molecule has 6 nitrogen and oxygen atoms in total. The van der Waals surface area contributed by atoms with Crippen molar-refractivity contribution in [1.82, 2.24) is 15.0 Å². The van der Waals surface area contributed by atoms with Crippen LogP contribution in [0.25, 0.3) is 11.3 Å². The molecule has 0 aliphatic carbocycles. The lowest BCUT2D eigenvalue weighted by Crippen LogP contribution is -2.37. The summed E-state index contributed by atoms with van der Waals surface area (Å²) in [6.07, 6.45) is 1.15. The minimum atomic E-state index is -4.71. The van der Waals surface area contributed by atoms with Crippen LogP contribution in [-0.4, -0.2) is 33.3 Å². The molecule has 0 amide bonds. The van der Waals surface area contributed by atoms with Gasteiger partial charge in [-0.15, -0.1) is 0 Å². The van der Waals surface area contributed by atoms with E-state index in [0.29, 0.717) is 49.8 Å². The summed E-state index contributed by atoms with van der Waals surface area (Å²) in [5.41, 5.74) is 2.24. The fourth-order valence-electron chi connectivity index (χ4n) is 4.13. The van der Waals surface area contributed by atoms with Crippen molar-refractivity contribution in [2.75, 3.05) is 11.4 Å². The first kappa shape index (κ1) is 23.4. The number of ketones is 1. The highest BCUT2D eigenvalue weighted by Crippen LogP contribution is 2.33. The highest BCUT2D eigenvalue weighted by Gasteiger charge is 2.38. The summed E-state index contributed by atoms with van der Waals surface area (Å²) < 4.78 is 40.6. The molecule has 1 aromatic carbocycles. The highest BCUT2D eigenvalue weighted by molar-refractivity contribution is 5.87. The van der Waals surface area contributed by atoms with Crippen LogP contribution in [0.3, 0.4) is 0 Å². The number of benzene rings is 1. The Morgan fingerprint density at radius 3 is 2.53 bits per heavy atom. The number of nitriles is 1. The Labute approximate surface area is 195 Å². The Balaban J connectivity index is 1.51. The second kappa shape index (κ2) is 10.00. The van der Waals surface area contributed by atoms with E-state index in [4.69, 9.17) is 5.26 Å². The van der Waals surface area contributed by atoms with Crippen LogP contribution in [0.15, 0.2) is 54.9 Å². The molecule has 1 fully saturated rings. The van der Waals surface area contributed by atoms with Crippen molar-refractivity contribution < 1.29 is 18.0 Å². The first-order valence-corrected chi connectivity index (χ1v) is 11.0. The molecule has 3 aromatic rings. The number of aromatic nitrogens is 3. The van der Waals surface area contributed by atoms with Crippen LogP contribution < -0.4 is 4.90 Å². The van der Waals surface area contributed by atoms with E-state index in [0.717, 1.165) is 5.56 Å². The molecular weight excluding hydrogens is 443 g/mol. The molecule has 3 heterocycles. The Hall–Kier alpha value is -3.80. The van der Waals surface area contributed by atoms with Gasteiger partial charge in [-0.2, -0.15) is 18.4 Å². The maximum atomic E-state index is 13.5. The second-order valence-electron chi connectivity index (χ2n) is 8.15. The summed E-state index contributed by atoms with van der Waals surface area (Å²) in [7, 11) is 0. The quantitative estimate of drug-likeness (QED) is 0.489. The van der Waals surface area contributed by atoms with Crippen molar-refractivity contribution >= 4 is 11.6 Å². The summed E-state index contributed by atoms with van der Waals surface area (Å²) in [5.74, 6) is -1.13. The van der Waals surface area contributed by atoms with Gasteiger partial charge < -0.3 is 4.90 Å². The number of alkyl halides is 3. The number of hydrogen-bond acceptors (Lipinski definition) is 6. The lowest BCUT2D eigenvalue weighted by atomic mass is 10.0. The van der Waals surface area contributed by atoms with Gasteiger partial charge in [0.15, 0.2) is 5.78 Å². The van der Waals surface area contributed by atoms with Crippen LogP contribution in [-0.2, 0) is 17.4 Å². The number of anilines is 1. The summed E-state index contributed by atoms with van der Waals surface area (Å²) in [5, 5.41) is 8.89. The number of rotatable bonds is 7. The molecule has 34 heavy (non-hydrogen) atoms. The van der Waals surface area contributed by atoms with Gasteiger partial charge in [-0.3, -0.25) is 9.78 Å². The van der Waals surface area contributed by atoms with Crippen molar-refractivity contribution in [1.29, 1.82) is 5.26 Å². The van der Waals surface area contributed by atoms with E-state index in [1.165, 1.54) is 18.5 Å². The topological polar surface area (TPSA) is 82.8 Å². The third-order valence-corrected chi connectivity index (χ3v) is 5.83. The largest absolute Gasteiger partial charge is 0.451 e. The Bertz CT molecular complexity index is 1190. The SMILES string of the molecule is N#Cc1ccc(CCCC(=O)[C@@H]2CCCN2c2cc(-c3ccncc3)nc(C(F)(F)F)n2)cc1. The molecule has 9 heteroatoms. The number of halogens is 3. The van der Waals surface area contributed by atoms with Crippen molar-refractivity contribution in [2.45, 2.75) is 44.3 Å². The van der Waals surface area contributed by atoms with E-state index in [1.54, 1.807) is 29.2 Å². The van der Waals surface area contributed by atoms with Crippen molar-refractivity contribution in [3.63, 3.8) is 0 Å². The van der Waals surface area contributed by atoms with E-state index in [2.05, 4.69) is 21.0 Å². The Morgan fingerprint density at radius 2 is 1.85 bits per heavy atom. The molecular formula is C25H22F3N5O. The zero-order chi connectivity index (χ0) is 24.1. The van der Waals surface area contributed by atoms with E-state index in [9.17, 15) is 18.0 Å². The maximum Gasteiger partial charge on any atom is 0.451 e. The van der Waals surface area contributed by atoms with E-state index < -0.39 is 18.0 Å². The van der Waals surface area contributed by atoms with Gasteiger partial charge in [0.25, 0.3) is 0 Å². The standard InChI is InChI=1S/C25H22F3N5O/c26-25(27,28)24-31-20(19-10-12-30-13-11-19)15-23(32-24)33-14-2-4-21(33)22(34)5-1-3-17-6-8-18(16-29)9-7-17/h6-13,15,21H,1-5,14H2/t21-/m0/s1. The smallest absolute Gasteiger partial charge is 0.346 e. The van der Waals surface area contributed by atoms with Crippen LogP contribution in [0, 0.1) is 11.3 Å². The van der Waals surface area contributed by atoms with Crippen LogP contribution in [0.5, 0.6) is 0 Å². The number of nitrogens with zero attached hydrogens (tertiary/aromatic N) is 5. The number of hydrogen-bond donors (Lipinski definition) is 0. The monoisotopic (exact) mass is 465 g/mol. The van der Waals surface area contributed by atoms with Crippen LogP contribution in [0.1, 0.15) is 42.6 Å². The first-order chi connectivity index (χ1) is 16.3. The fourth-order valence-corrected chi connectivity index (χ4v) is 4.13.